The fourth-order valence-corrected chi connectivity index (χ4v) is 3.02. The lowest BCUT2D eigenvalue weighted by Crippen LogP contribution is -2.02. The molecule has 18 heavy (non-hydrogen) atoms. The van der Waals surface area contributed by atoms with Crippen LogP contribution in [0.1, 0.15) is 5.56 Å². The minimum Gasteiger partial charge on any atom is -0.330 e. The van der Waals surface area contributed by atoms with Crippen LogP contribution in [0.4, 0.5) is 0 Å². The molecule has 2 nitrogen and oxygen atoms in total. The molecular formula is C13H12BrClN2S. The van der Waals surface area contributed by atoms with E-state index in [1.54, 1.807) is 18.0 Å². The van der Waals surface area contributed by atoms with Crippen molar-refractivity contribution in [3.63, 3.8) is 0 Å². The van der Waals surface area contributed by atoms with Crippen LogP contribution in [-0.4, -0.2) is 11.5 Å². The Kier molecular flexibility index (Phi) is 5.06. The first-order valence-corrected chi connectivity index (χ1v) is 7.45. The van der Waals surface area contributed by atoms with E-state index >= 15 is 0 Å². The molecule has 0 aliphatic heterocycles. The summed E-state index contributed by atoms with van der Waals surface area (Å²) in [7, 11) is 0. The second-order valence-corrected chi connectivity index (χ2v) is 6.07. The van der Waals surface area contributed by atoms with E-state index in [-0.39, 0.29) is 0 Å². The third-order valence-electron chi connectivity index (χ3n) is 2.34. The van der Waals surface area contributed by atoms with Crippen molar-refractivity contribution in [1.29, 1.82) is 0 Å². The molecule has 0 saturated carbocycles. The van der Waals surface area contributed by atoms with Crippen molar-refractivity contribution in [2.75, 3.05) is 6.54 Å². The van der Waals surface area contributed by atoms with E-state index in [1.807, 2.05) is 12.1 Å². The van der Waals surface area contributed by atoms with E-state index in [2.05, 4.69) is 39.1 Å². The highest BCUT2D eigenvalue weighted by Gasteiger charge is 2.04. The second-order valence-electron chi connectivity index (χ2n) is 3.72. The smallest absolute Gasteiger partial charge is 0.101 e. The van der Waals surface area contributed by atoms with Gasteiger partial charge in [0.2, 0.25) is 0 Å². The van der Waals surface area contributed by atoms with Crippen LogP contribution in [0.5, 0.6) is 0 Å². The Morgan fingerprint density at radius 3 is 2.72 bits per heavy atom. The van der Waals surface area contributed by atoms with Crippen LogP contribution in [0.2, 0.25) is 5.02 Å². The quantitative estimate of drug-likeness (QED) is 0.906. The Balaban J connectivity index is 2.16. The minimum atomic E-state index is 0.650. The molecule has 0 amide bonds. The van der Waals surface area contributed by atoms with Gasteiger partial charge in [-0.05, 0) is 58.7 Å². The first-order valence-electron chi connectivity index (χ1n) is 5.47. The van der Waals surface area contributed by atoms with Crippen molar-refractivity contribution >= 4 is 39.3 Å². The van der Waals surface area contributed by atoms with Crippen LogP contribution in [0.25, 0.3) is 0 Å². The van der Waals surface area contributed by atoms with E-state index in [0.29, 0.717) is 11.6 Å². The maximum absolute atomic E-state index is 5.81. The van der Waals surface area contributed by atoms with Gasteiger partial charge in [0.25, 0.3) is 0 Å². The highest BCUT2D eigenvalue weighted by molar-refractivity contribution is 9.10. The summed E-state index contributed by atoms with van der Waals surface area (Å²) >= 11 is 11.0. The molecule has 0 radical (unpaired) electrons. The lowest BCUT2D eigenvalue weighted by atomic mass is 10.2. The van der Waals surface area contributed by atoms with E-state index in [0.717, 1.165) is 20.8 Å². The molecule has 94 valence electrons. The monoisotopic (exact) mass is 342 g/mol. The topological polar surface area (TPSA) is 38.9 Å². The average Bonchev–Trinajstić information content (AvgIpc) is 2.36. The first-order chi connectivity index (χ1) is 8.69. The Labute approximate surface area is 124 Å². The van der Waals surface area contributed by atoms with Gasteiger partial charge < -0.3 is 5.73 Å². The molecule has 0 fully saturated rings. The molecule has 1 aromatic carbocycles. The summed E-state index contributed by atoms with van der Waals surface area (Å²) in [6, 6.07) is 10.0. The minimum absolute atomic E-state index is 0.650. The van der Waals surface area contributed by atoms with Crippen molar-refractivity contribution in [1.82, 2.24) is 4.98 Å². The Morgan fingerprint density at radius 1 is 1.28 bits per heavy atom. The Hall–Kier alpha value is -0.550. The Bertz CT molecular complexity index is 531. The molecule has 2 rings (SSSR count). The summed E-state index contributed by atoms with van der Waals surface area (Å²) < 4.78 is 1.07. The molecule has 0 atom stereocenters. The van der Waals surface area contributed by atoms with Crippen molar-refractivity contribution in [3.8, 4) is 0 Å². The lowest BCUT2D eigenvalue weighted by Gasteiger charge is -2.06. The third-order valence-corrected chi connectivity index (χ3v) is 4.51. The molecule has 0 spiro atoms. The molecule has 1 aromatic heterocycles. The molecule has 0 unspecified atom stereocenters. The van der Waals surface area contributed by atoms with E-state index in [1.165, 1.54) is 5.56 Å². The van der Waals surface area contributed by atoms with Crippen LogP contribution < -0.4 is 5.73 Å². The molecule has 0 aliphatic carbocycles. The van der Waals surface area contributed by atoms with Gasteiger partial charge in [0.1, 0.15) is 5.03 Å². The summed E-state index contributed by atoms with van der Waals surface area (Å²) in [6.07, 6.45) is 2.54. The molecule has 0 bridgehead atoms. The molecule has 0 aliphatic rings. The summed E-state index contributed by atoms with van der Waals surface area (Å²) in [6.45, 7) is 0.664. The number of pyridine rings is 1. The predicted molar refractivity (Wildman–Crippen MR) is 80.3 cm³/mol. The number of hydrogen-bond donors (Lipinski definition) is 1. The van der Waals surface area contributed by atoms with Gasteiger partial charge in [-0.2, -0.15) is 0 Å². The van der Waals surface area contributed by atoms with Gasteiger partial charge in [-0.3, -0.25) is 0 Å². The summed E-state index contributed by atoms with van der Waals surface area (Å²) in [5, 5.41) is 1.57. The molecule has 2 N–H and O–H groups in total. The molecule has 2 aromatic rings. The SMILES string of the molecule is NCCc1ccc(Sc2ccc(Cl)cn2)c(Br)c1. The van der Waals surface area contributed by atoms with Crippen LogP contribution in [0.3, 0.4) is 0 Å². The fraction of sp³-hybridized carbons (Fsp3) is 0.154. The van der Waals surface area contributed by atoms with Crippen molar-refractivity contribution in [2.45, 2.75) is 16.3 Å². The van der Waals surface area contributed by atoms with Gasteiger partial charge in [-0.15, -0.1) is 0 Å². The van der Waals surface area contributed by atoms with Gasteiger partial charge in [-0.25, -0.2) is 4.98 Å². The number of benzene rings is 1. The van der Waals surface area contributed by atoms with E-state index < -0.39 is 0 Å². The van der Waals surface area contributed by atoms with Crippen molar-refractivity contribution in [3.05, 3.63) is 51.6 Å². The van der Waals surface area contributed by atoms with Gasteiger partial charge in [0, 0.05) is 15.6 Å². The highest BCUT2D eigenvalue weighted by atomic mass is 79.9. The van der Waals surface area contributed by atoms with Crippen LogP contribution in [0, 0.1) is 0 Å². The Morgan fingerprint density at radius 2 is 2.11 bits per heavy atom. The van der Waals surface area contributed by atoms with Crippen molar-refractivity contribution in [2.24, 2.45) is 5.73 Å². The maximum atomic E-state index is 5.81. The summed E-state index contributed by atoms with van der Waals surface area (Å²) in [5.74, 6) is 0. The first kappa shape index (κ1) is 13.9. The van der Waals surface area contributed by atoms with Gasteiger partial charge in [0.15, 0.2) is 0 Å². The normalized spacial score (nSPS) is 10.6. The number of hydrogen-bond acceptors (Lipinski definition) is 3. The van der Waals surface area contributed by atoms with Crippen LogP contribution in [0.15, 0.2) is 50.9 Å². The molecule has 0 saturated heterocycles. The standard InChI is InChI=1S/C13H12BrClN2S/c14-11-7-9(5-6-16)1-3-12(11)18-13-4-2-10(15)8-17-13/h1-4,7-8H,5-6,16H2. The molecular weight excluding hydrogens is 332 g/mol. The van der Waals surface area contributed by atoms with Gasteiger partial charge >= 0.3 is 0 Å². The van der Waals surface area contributed by atoms with Crippen LogP contribution >= 0.6 is 39.3 Å². The van der Waals surface area contributed by atoms with E-state index in [9.17, 15) is 0 Å². The number of nitrogens with zero attached hydrogens (tertiary/aromatic N) is 1. The zero-order chi connectivity index (χ0) is 13.0. The number of rotatable bonds is 4. The zero-order valence-electron chi connectivity index (χ0n) is 9.57. The molecule has 1 heterocycles. The fourth-order valence-electron chi connectivity index (χ4n) is 1.48. The summed E-state index contributed by atoms with van der Waals surface area (Å²) in [4.78, 5) is 5.39. The molecule has 5 heteroatoms. The highest BCUT2D eigenvalue weighted by Crippen LogP contribution is 2.33. The predicted octanol–water partition coefficient (Wildman–Crippen LogP) is 4.15. The lowest BCUT2D eigenvalue weighted by molar-refractivity contribution is 0.964. The third kappa shape index (κ3) is 3.72. The summed E-state index contributed by atoms with van der Waals surface area (Å²) in [5.41, 5.74) is 6.78. The van der Waals surface area contributed by atoms with Gasteiger partial charge in [-0.1, -0.05) is 29.4 Å². The number of nitrogens with two attached hydrogens (primary N) is 1. The second kappa shape index (κ2) is 6.57. The van der Waals surface area contributed by atoms with Crippen molar-refractivity contribution < 1.29 is 0 Å². The number of halogens is 2. The van der Waals surface area contributed by atoms with E-state index in [4.69, 9.17) is 17.3 Å². The largest absolute Gasteiger partial charge is 0.330 e. The zero-order valence-corrected chi connectivity index (χ0v) is 12.7. The van der Waals surface area contributed by atoms with Crippen LogP contribution in [-0.2, 0) is 6.42 Å². The maximum Gasteiger partial charge on any atom is 0.101 e. The average molecular weight is 344 g/mol. The van der Waals surface area contributed by atoms with Gasteiger partial charge in [0.05, 0.1) is 5.02 Å². The number of aromatic nitrogens is 1.